The lowest BCUT2D eigenvalue weighted by Gasteiger charge is -2.44. The molecule has 2 atom stereocenters. The van der Waals surface area contributed by atoms with E-state index in [2.05, 4.69) is 58.2 Å². The normalized spacial score (nSPS) is 18.6. The molecule has 5 rings (SSSR count). The van der Waals surface area contributed by atoms with Crippen LogP contribution in [0.5, 0.6) is 0 Å². The van der Waals surface area contributed by atoms with E-state index in [4.69, 9.17) is 11.6 Å². The van der Waals surface area contributed by atoms with E-state index >= 15 is 19.2 Å². The number of aliphatic hydroxyl groups is 2. The van der Waals surface area contributed by atoms with Crippen molar-refractivity contribution in [2.24, 2.45) is 22.7 Å². The lowest BCUT2D eigenvalue weighted by molar-refractivity contribution is -0.146. The Morgan fingerprint density at radius 1 is 0.574 bits per heavy atom. The lowest BCUT2D eigenvalue weighted by atomic mass is 9.57. The smallest absolute Gasteiger partial charge is 0.181 e. The number of aliphatic hydroxyl groups excluding tert-OH is 2. The highest BCUT2D eigenvalue weighted by molar-refractivity contribution is 9.10. The predicted octanol–water partition coefficient (Wildman–Crippen LogP) is 14.1. The first kappa shape index (κ1) is 53.4. The van der Waals surface area contributed by atoms with Crippen LogP contribution in [0.1, 0.15) is 102 Å². The molecule has 0 bridgehead atoms. The lowest BCUT2D eigenvalue weighted by Crippen LogP contribution is -2.52. The summed E-state index contributed by atoms with van der Waals surface area (Å²) in [5.41, 5.74) is -0.821. The highest BCUT2D eigenvalue weighted by Crippen LogP contribution is 2.55. The van der Waals surface area contributed by atoms with Crippen LogP contribution in [0.4, 0.5) is 0 Å². The average molecular weight is 1070 g/mol. The van der Waals surface area contributed by atoms with Crippen molar-refractivity contribution in [2.75, 3.05) is 0 Å². The molecule has 2 N–H and O–H groups in total. The molecule has 2 aliphatic carbocycles. The van der Waals surface area contributed by atoms with Gasteiger partial charge in [0, 0.05) is 31.0 Å². The number of carbonyl (C=O) groups is 6. The summed E-state index contributed by atoms with van der Waals surface area (Å²) in [5.74, 6) is -12.7. The summed E-state index contributed by atoms with van der Waals surface area (Å²) >= 11 is 13.2. The van der Waals surface area contributed by atoms with Crippen molar-refractivity contribution in [1.82, 2.24) is 0 Å². The molecule has 0 radical (unpaired) electrons. The Kier molecular flexibility index (Phi) is 17.8. The molecule has 0 amide bonds. The van der Waals surface area contributed by atoms with Crippen molar-refractivity contribution >= 4 is 90.3 Å². The van der Waals surface area contributed by atoms with Crippen molar-refractivity contribution in [1.29, 1.82) is 0 Å². The van der Waals surface area contributed by atoms with E-state index in [1.165, 1.54) is 36.4 Å². The van der Waals surface area contributed by atoms with Gasteiger partial charge in [-0.25, -0.2) is 0 Å². The second-order valence-corrected chi connectivity index (χ2v) is 20.7. The summed E-state index contributed by atoms with van der Waals surface area (Å²) in [7, 11) is 0. The maximum absolute atomic E-state index is 15.6. The van der Waals surface area contributed by atoms with Crippen LogP contribution >= 0.6 is 43.5 Å². The van der Waals surface area contributed by atoms with Crippen LogP contribution in [0.15, 0.2) is 165 Å². The third-order valence-corrected chi connectivity index (χ3v) is 14.1. The van der Waals surface area contributed by atoms with E-state index in [1.807, 2.05) is 0 Å². The number of halogens is 3. The molecule has 354 valence electrons. The summed E-state index contributed by atoms with van der Waals surface area (Å²) < 4.78 is 1.59. The molecule has 3 aromatic carbocycles. The molecule has 0 fully saturated rings. The maximum Gasteiger partial charge on any atom is 0.181 e. The monoisotopic (exact) mass is 1060 g/mol. The quantitative estimate of drug-likeness (QED) is 0.0610. The third-order valence-electron chi connectivity index (χ3n) is 12.8. The summed E-state index contributed by atoms with van der Waals surface area (Å²) in [6.45, 7) is 23.2. The van der Waals surface area contributed by atoms with E-state index in [-0.39, 0.29) is 62.0 Å². The molecule has 0 saturated carbocycles. The summed E-state index contributed by atoms with van der Waals surface area (Å²) in [6, 6.07) is 20.0. The zero-order valence-corrected chi connectivity index (χ0v) is 42.9. The third kappa shape index (κ3) is 11.8. The van der Waals surface area contributed by atoms with Crippen LogP contribution in [0.3, 0.4) is 0 Å². The number of hydrogen-bond acceptors (Lipinski definition) is 8. The molecule has 2 aliphatic rings. The molecule has 3 aromatic rings. The number of benzene rings is 3. The summed E-state index contributed by atoms with van der Waals surface area (Å²) in [5, 5.41) is 26.3. The first-order chi connectivity index (χ1) is 32.0. The fraction of sp³-hybridized carbons (Fsp3) is 0.298. The van der Waals surface area contributed by atoms with E-state index < -0.39 is 85.9 Å². The Labute approximate surface area is 421 Å². The van der Waals surface area contributed by atoms with E-state index in [1.54, 1.807) is 76.2 Å². The van der Waals surface area contributed by atoms with Crippen molar-refractivity contribution in [3.63, 3.8) is 0 Å². The van der Waals surface area contributed by atoms with Gasteiger partial charge in [0.1, 0.15) is 23.4 Å². The van der Waals surface area contributed by atoms with Crippen LogP contribution in [-0.2, 0) is 28.8 Å². The molecule has 68 heavy (non-hydrogen) atoms. The van der Waals surface area contributed by atoms with Crippen molar-refractivity contribution in [3.8, 4) is 0 Å². The highest BCUT2D eigenvalue weighted by Gasteiger charge is 2.60. The first-order valence-electron chi connectivity index (χ1n) is 22.4. The minimum Gasteiger partial charge on any atom is -0.511 e. The molecular weight excluding hydrogens is 1010 g/mol. The SMILES string of the molecule is C=C(C)CCC1(CCC(=C)C)C(=O)C(C(=O)C=Cc2ccc(Br)cc2)C(=O)C(C(C2=C(O)C(CCC(=C)C)(CCC(=C)C)C(=O)C(C(=O)C=Cc3ccc(Br)cc3)C2=O)c2ccc(Cl)cc2)=C1O. The first-order valence-corrected chi connectivity index (χ1v) is 24.3. The summed E-state index contributed by atoms with van der Waals surface area (Å²) in [6.07, 6.45) is 5.73. The van der Waals surface area contributed by atoms with Gasteiger partial charge in [-0.1, -0.05) is 114 Å². The number of hydrogen-bond donors (Lipinski definition) is 2. The molecule has 0 saturated heterocycles. The standard InChI is InChI=1S/C57H57Br2ClO8/c1-33(2)25-29-56(30-26-34(3)4)52(65)46(43(61)23-13-37-9-17-40(58)18-10-37)50(63)48(54(56)67)45(39-15-21-42(60)22-16-39)49-51(64)47(44(62)24-14-38-11-19-41(59)20-12-38)53(66)57(55(49)68,31-27-35(5)6)32-28-36(7)8/h9-24,45-47,67-68H,1,3,5,7,25-32H2,2,4,6,8H3. The molecule has 0 aromatic heterocycles. The fourth-order valence-corrected chi connectivity index (χ4v) is 9.57. The largest absolute Gasteiger partial charge is 0.511 e. The number of ketones is 6. The van der Waals surface area contributed by atoms with Crippen LogP contribution in [-0.4, -0.2) is 44.9 Å². The Balaban J connectivity index is 1.92. The minimum atomic E-state index is -2.01. The molecule has 8 nitrogen and oxygen atoms in total. The topological polar surface area (TPSA) is 143 Å². The molecular formula is C57H57Br2ClO8. The Hall–Kier alpha value is -5.55. The zero-order chi connectivity index (χ0) is 50.2. The van der Waals surface area contributed by atoms with Gasteiger partial charge < -0.3 is 10.2 Å². The number of allylic oxidation sites excluding steroid dienone is 10. The van der Waals surface area contributed by atoms with Gasteiger partial charge >= 0.3 is 0 Å². The Morgan fingerprint density at radius 2 is 0.882 bits per heavy atom. The molecule has 2 unspecified atom stereocenters. The Bertz CT molecular complexity index is 2500. The van der Waals surface area contributed by atoms with Gasteiger partial charge in [0.2, 0.25) is 0 Å². The fourth-order valence-electron chi connectivity index (χ4n) is 8.91. The number of carbonyl (C=O) groups excluding carboxylic acids is 6. The van der Waals surface area contributed by atoms with Gasteiger partial charge in [0.15, 0.2) is 34.7 Å². The van der Waals surface area contributed by atoms with Crippen molar-refractivity contribution in [2.45, 2.75) is 85.0 Å². The van der Waals surface area contributed by atoms with E-state index in [0.29, 0.717) is 33.4 Å². The second kappa shape index (κ2) is 22.7. The Morgan fingerprint density at radius 3 is 1.18 bits per heavy atom. The average Bonchev–Trinajstić information content (AvgIpc) is 3.28. The van der Waals surface area contributed by atoms with Gasteiger partial charge in [-0.3, -0.25) is 28.8 Å². The van der Waals surface area contributed by atoms with Gasteiger partial charge in [0.25, 0.3) is 0 Å². The zero-order valence-electron chi connectivity index (χ0n) is 38.9. The number of Topliss-reactive ketones (excluding diaryl/α,β-unsaturated/α-hetero) is 4. The van der Waals surface area contributed by atoms with Gasteiger partial charge in [-0.15, -0.1) is 26.3 Å². The molecule has 0 spiro atoms. The highest BCUT2D eigenvalue weighted by atomic mass is 79.9. The van der Waals surface area contributed by atoms with Crippen molar-refractivity contribution < 1.29 is 39.0 Å². The predicted molar refractivity (Wildman–Crippen MR) is 278 cm³/mol. The van der Waals surface area contributed by atoms with Crippen LogP contribution in [0, 0.1) is 22.7 Å². The van der Waals surface area contributed by atoms with Crippen LogP contribution < -0.4 is 0 Å². The maximum atomic E-state index is 15.6. The van der Waals surface area contributed by atoms with Crippen LogP contribution in [0.2, 0.25) is 5.02 Å². The van der Waals surface area contributed by atoms with Crippen molar-refractivity contribution in [3.05, 3.63) is 187 Å². The van der Waals surface area contributed by atoms with E-state index in [9.17, 15) is 19.8 Å². The molecule has 0 aliphatic heterocycles. The molecule has 0 heterocycles. The number of rotatable bonds is 21. The summed E-state index contributed by atoms with van der Waals surface area (Å²) in [4.78, 5) is 90.9. The van der Waals surface area contributed by atoms with Gasteiger partial charge in [-0.05, 0) is 144 Å². The van der Waals surface area contributed by atoms with Gasteiger partial charge in [0.05, 0.1) is 10.8 Å². The molecule has 11 heteroatoms. The second-order valence-electron chi connectivity index (χ2n) is 18.4. The minimum absolute atomic E-state index is 0.0782. The van der Waals surface area contributed by atoms with Gasteiger partial charge in [-0.2, -0.15) is 0 Å². The van der Waals surface area contributed by atoms with E-state index in [0.717, 1.165) is 21.1 Å². The van der Waals surface area contributed by atoms with Crippen LogP contribution in [0.25, 0.3) is 12.2 Å².